The van der Waals surface area contributed by atoms with Crippen LogP contribution in [-0.2, 0) is 14.2 Å². The van der Waals surface area contributed by atoms with Crippen LogP contribution in [0.3, 0.4) is 0 Å². The topological polar surface area (TPSA) is 190 Å². The third-order valence-electron chi connectivity index (χ3n) is 3.91. The Morgan fingerprint density at radius 1 is 0.783 bits per heavy atom. The van der Waals surface area contributed by atoms with Crippen molar-refractivity contribution in [3.8, 4) is 0 Å². The van der Waals surface area contributed by atoms with Gasteiger partial charge in [0.2, 0.25) is 0 Å². The number of rotatable bonds is 6. The molecule has 0 aromatic carbocycles. The molecule has 10 atom stereocenters. The van der Waals surface area contributed by atoms with Crippen molar-refractivity contribution in [2.24, 2.45) is 0 Å². The Hall–Kier alpha value is -0.440. The van der Waals surface area contributed by atoms with Gasteiger partial charge in [0.05, 0.1) is 13.2 Å². The minimum Gasteiger partial charge on any atom is -0.394 e. The number of hydrogen-bond donors (Lipinski definition) is 8. The summed E-state index contributed by atoms with van der Waals surface area (Å²) in [5.41, 5.74) is 0. The van der Waals surface area contributed by atoms with Crippen LogP contribution in [0.25, 0.3) is 0 Å². The van der Waals surface area contributed by atoms with Crippen LogP contribution < -0.4 is 0 Å². The molecule has 2 heterocycles. The molecule has 11 heteroatoms. The van der Waals surface area contributed by atoms with Gasteiger partial charge < -0.3 is 55.1 Å². The molecule has 0 aromatic rings. The molecule has 0 aromatic heterocycles. The Morgan fingerprint density at radius 2 is 1.35 bits per heavy atom. The van der Waals surface area contributed by atoms with E-state index in [4.69, 9.17) is 19.3 Å². The third-order valence-corrected chi connectivity index (χ3v) is 3.91. The SMILES string of the molecule is OC[C@H](O)[C@@H]1O[C@@H](OC[C@H](O)[C@@H]2O[C@@H](O)[C@H](O)[C@H]2O)[C@H](O)[C@H]1O. The fourth-order valence-electron chi connectivity index (χ4n) is 2.52. The Bertz CT molecular complexity index is 382. The van der Waals surface area contributed by atoms with E-state index in [1.807, 2.05) is 0 Å². The molecule has 0 spiro atoms. The van der Waals surface area contributed by atoms with Crippen molar-refractivity contribution in [3.63, 3.8) is 0 Å². The highest BCUT2D eigenvalue weighted by molar-refractivity contribution is 4.92. The predicted octanol–water partition coefficient (Wildman–Crippen LogP) is -5.40. The van der Waals surface area contributed by atoms with Gasteiger partial charge in [0.1, 0.15) is 48.8 Å². The van der Waals surface area contributed by atoms with Gasteiger partial charge in [-0.15, -0.1) is 0 Å². The summed E-state index contributed by atoms with van der Waals surface area (Å²) in [4.78, 5) is 0. The number of ether oxygens (including phenoxy) is 3. The molecule has 11 nitrogen and oxygen atoms in total. The minimum absolute atomic E-state index is 0.516. The molecule has 2 rings (SSSR count). The molecule has 23 heavy (non-hydrogen) atoms. The van der Waals surface area contributed by atoms with E-state index >= 15 is 0 Å². The maximum absolute atomic E-state index is 9.87. The third kappa shape index (κ3) is 3.81. The summed E-state index contributed by atoms with van der Waals surface area (Å²) in [6, 6.07) is 0. The standard InChI is InChI=1S/C12H22O11/c13-1-3(14)9-6(17)8(19)12(23-9)21-2-4(15)10-5(16)7(18)11(20)22-10/h3-20H,1-2H2/t3-,4-,5+,6+,7+,8+,9-,10-,11+,12+/m0/s1. The molecule has 0 unspecified atom stereocenters. The fraction of sp³-hybridized carbons (Fsp3) is 1.00. The monoisotopic (exact) mass is 342 g/mol. The van der Waals surface area contributed by atoms with Crippen molar-refractivity contribution in [1.29, 1.82) is 0 Å². The van der Waals surface area contributed by atoms with E-state index in [0.717, 1.165) is 0 Å². The molecule has 2 aliphatic heterocycles. The lowest BCUT2D eigenvalue weighted by molar-refractivity contribution is -0.206. The highest BCUT2D eigenvalue weighted by atomic mass is 16.7. The highest BCUT2D eigenvalue weighted by Gasteiger charge is 2.48. The van der Waals surface area contributed by atoms with Gasteiger partial charge in [-0.3, -0.25) is 0 Å². The second-order valence-corrected chi connectivity index (χ2v) is 5.57. The summed E-state index contributed by atoms with van der Waals surface area (Å²) in [7, 11) is 0. The van der Waals surface area contributed by atoms with Gasteiger partial charge in [-0.2, -0.15) is 0 Å². The molecule has 0 saturated carbocycles. The molecule has 2 saturated heterocycles. The van der Waals surface area contributed by atoms with E-state index in [2.05, 4.69) is 0 Å². The van der Waals surface area contributed by atoms with Crippen LogP contribution in [0, 0.1) is 0 Å². The molecule has 136 valence electrons. The molecule has 2 aliphatic rings. The largest absolute Gasteiger partial charge is 0.394 e. The Kier molecular flexibility index (Phi) is 6.27. The zero-order valence-corrected chi connectivity index (χ0v) is 12.0. The van der Waals surface area contributed by atoms with Gasteiger partial charge in [0.25, 0.3) is 0 Å². The maximum Gasteiger partial charge on any atom is 0.186 e. The number of aliphatic hydroxyl groups is 8. The van der Waals surface area contributed by atoms with Crippen LogP contribution in [0.1, 0.15) is 0 Å². The quantitative estimate of drug-likeness (QED) is 0.230. The second-order valence-electron chi connectivity index (χ2n) is 5.57. The second kappa shape index (κ2) is 7.63. The van der Waals surface area contributed by atoms with Crippen molar-refractivity contribution in [3.05, 3.63) is 0 Å². The molecule has 0 bridgehead atoms. The van der Waals surface area contributed by atoms with Gasteiger partial charge >= 0.3 is 0 Å². The Balaban J connectivity index is 1.86. The normalized spacial score (nSPS) is 47.0. The van der Waals surface area contributed by atoms with Crippen molar-refractivity contribution >= 4 is 0 Å². The Labute approximate surface area is 130 Å². The van der Waals surface area contributed by atoms with Crippen LogP contribution in [0.15, 0.2) is 0 Å². The van der Waals surface area contributed by atoms with Crippen LogP contribution in [0.5, 0.6) is 0 Å². The molecule has 2 fully saturated rings. The van der Waals surface area contributed by atoms with E-state index in [9.17, 15) is 35.7 Å². The minimum atomic E-state index is -1.65. The first kappa shape index (κ1) is 18.9. The summed E-state index contributed by atoms with van der Waals surface area (Å²) in [6.07, 6.45) is -14.7. The summed E-state index contributed by atoms with van der Waals surface area (Å²) >= 11 is 0. The van der Waals surface area contributed by atoms with E-state index in [0.29, 0.717) is 0 Å². The average molecular weight is 342 g/mol. The highest BCUT2D eigenvalue weighted by Crippen LogP contribution is 2.26. The predicted molar refractivity (Wildman–Crippen MR) is 68.6 cm³/mol. The van der Waals surface area contributed by atoms with Crippen LogP contribution in [0.4, 0.5) is 0 Å². The molecular weight excluding hydrogens is 320 g/mol. The lowest BCUT2D eigenvalue weighted by atomic mass is 10.1. The lowest BCUT2D eigenvalue weighted by Gasteiger charge is -2.23. The summed E-state index contributed by atoms with van der Waals surface area (Å²) in [5, 5.41) is 75.8. The van der Waals surface area contributed by atoms with Gasteiger partial charge in [-0.25, -0.2) is 0 Å². The fourth-order valence-corrected chi connectivity index (χ4v) is 2.52. The number of aliphatic hydroxyl groups excluding tert-OH is 8. The van der Waals surface area contributed by atoms with Gasteiger partial charge in [0, 0.05) is 0 Å². The smallest absolute Gasteiger partial charge is 0.186 e. The van der Waals surface area contributed by atoms with E-state index in [1.54, 1.807) is 0 Å². The molecule has 0 aliphatic carbocycles. The van der Waals surface area contributed by atoms with Crippen molar-refractivity contribution < 1.29 is 55.1 Å². The van der Waals surface area contributed by atoms with E-state index < -0.39 is 74.6 Å². The average Bonchev–Trinajstić information content (AvgIpc) is 2.96. The first-order valence-electron chi connectivity index (χ1n) is 7.07. The maximum atomic E-state index is 9.87. The number of hydrogen-bond acceptors (Lipinski definition) is 11. The first-order valence-corrected chi connectivity index (χ1v) is 7.07. The summed E-state index contributed by atoms with van der Waals surface area (Å²) < 4.78 is 14.9. The Morgan fingerprint density at radius 3 is 1.87 bits per heavy atom. The van der Waals surface area contributed by atoms with Gasteiger partial charge in [-0.1, -0.05) is 0 Å². The van der Waals surface area contributed by atoms with E-state index in [1.165, 1.54) is 0 Å². The van der Waals surface area contributed by atoms with Crippen LogP contribution >= 0.6 is 0 Å². The lowest BCUT2D eigenvalue weighted by Crippen LogP contribution is -2.43. The zero-order chi connectivity index (χ0) is 17.3. The van der Waals surface area contributed by atoms with Crippen LogP contribution in [-0.4, -0.2) is 115 Å². The molecule has 0 amide bonds. The molecular formula is C12H22O11. The van der Waals surface area contributed by atoms with E-state index in [-0.39, 0.29) is 0 Å². The first-order chi connectivity index (χ1) is 10.8. The summed E-state index contributed by atoms with van der Waals surface area (Å²) in [5.74, 6) is 0. The molecule has 0 radical (unpaired) electrons. The zero-order valence-electron chi connectivity index (χ0n) is 12.0. The summed E-state index contributed by atoms with van der Waals surface area (Å²) in [6.45, 7) is -1.21. The van der Waals surface area contributed by atoms with Crippen molar-refractivity contribution in [2.75, 3.05) is 13.2 Å². The van der Waals surface area contributed by atoms with Gasteiger partial charge in [-0.05, 0) is 0 Å². The van der Waals surface area contributed by atoms with Gasteiger partial charge in [0.15, 0.2) is 12.6 Å². The van der Waals surface area contributed by atoms with Crippen molar-refractivity contribution in [2.45, 2.75) is 61.4 Å². The van der Waals surface area contributed by atoms with Crippen molar-refractivity contribution in [1.82, 2.24) is 0 Å². The van der Waals surface area contributed by atoms with Crippen LogP contribution in [0.2, 0.25) is 0 Å². The molecule has 8 N–H and O–H groups in total.